The lowest BCUT2D eigenvalue weighted by Crippen LogP contribution is -2.11. The van der Waals surface area contributed by atoms with Crippen molar-refractivity contribution in [2.45, 2.75) is 13.0 Å². The maximum atomic E-state index is 14.2. The summed E-state index contributed by atoms with van der Waals surface area (Å²) in [6, 6.07) is 6.44. The molecule has 0 fully saturated rings. The molecule has 1 heterocycles. The van der Waals surface area contributed by atoms with Crippen LogP contribution >= 0.6 is 23.2 Å². The molecule has 2 aromatic carbocycles. The second-order valence-electron chi connectivity index (χ2n) is 5.35. The summed E-state index contributed by atoms with van der Waals surface area (Å²) in [6.07, 6.45) is -1.35. The first-order chi connectivity index (χ1) is 11.8. The zero-order valence-corrected chi connectivity index (χ0v) is 14.3. The Morgan fingerprint density at radius 1 is 1.04 bits per heavy atom. The Hall–Kier alpha value is -2.02. The van der Waals surface area contributed by atoms with Crippen molar-refractivity contribution >= 4 is 23.2 Å². The smallest absolute Gasteiger partial charge is 0.208 e. The first-order valence-electron chi connectivity index (χ1n) is 7.12. The summed E-state index contributed by atoms with van der Waals surface area (Å²) in [4.78, 5) is 4.04. The number of rotatable bonds is 3. The molecule has 25 heavy (non-hydrogen) atoms. The Labute approximate surface area is 151 Å². The number of nitrogens with zero attached hydrogens (tertiary/aromatic N) is 2. The Kier molecular flexibility index (Phi) is 4.77. The molecule has 0 aliphatic heterocycles. The van der Waals surface area contributed by atoms with Crippen LogP contribution in [0.25, 0.3) is 5.69 Å². The topological polar surface area (TPSA) is 38.0 Å². The van der Waals surface area contributed by atoms with Crippen LogP contribution in [0.2, 0.25) is 10.3 Å². The van der Waals surface area contributed by atoms with Gasteiger partial charge < -0.3 is 5.11 Å². The van der Waals surface area contributed by atoms with E-state index in [4.69, 9.17) is 23.2 Å². The van der Waals surface area contributed by atoms with E-state index in [1.54, 1.807) is 6.92 Å². The maximum absolute atomic E-state index is 14.2. The predicted molar refractivity (Wildman–Crippen MR) is 88.7 cm³/mol. The predicted octanol–water partition coefficient (Wildman–Crippen LogP) is 4.99. The number of aliphatic hydroxyl groups excluding tert-OH is 1. The van der Waals surface area contributed by atoms with Gasteiger partial charge in [0.05, 0.1) is 17.1 Å². The van der Waals surface area contributed by atoms with Crippen molar-refractivity contribution < 1.29 is 18.3 Å². The molecule has 1 aromatic heterocycles. The van der Waals surface area contributed by atoms with Crippen LogP contribution < -0.4 is 0 Å². The van der Waals surface area contributed by atoms with Gasteiger partial charge in [-0.3, -0.25) is 4.57 Å². The SMILES string of the molecule is Cc1nc(Cl)n(-c2ccc(F)cc2F)c1C(O)c1ccc(F)cc1Cl. The summed E-state index contributed by atoms with van der Waals surface area (Å²) in [5.74, 6) is -2.19. The van der Waals surface area contributed by atoms with E-state index in [9.17, 15) is 18.3 Å². The molecule has 0 aliphatic carbocycles. The third-order valence-corrected chi connectivity index (χ3v) is 4.30. The molecule has 0 aliphatic rings. The highest BCUT2D eigenvalue weighted by Crippen LogP contribution is 2.34. The van der Waals surface area contributed by atoms with Crippen LogP contribution in [0, 0.1) is 24.4 Å². The third kappa shape index (κ3) is 3.25. The maximum Gasteiger partial charge on any atom is 0.208 e. The quantitative estimate of drug-likeness (QED) is 0.688. The van der Waals surface area contributed by atoms with Crippen molar-refractivity contribution in [2.75, 3.05) is 0 Å². The molecule has 8 heteroatoms. The molecule has 0 radical (unpaired) electrons. The first kappa shape index (κ1) is 17.8. The summed E-state index contributed by atoms with van der Waals surface area (Å²) < 4.78 is 41.8. The van der Waals surface area contributed by atoms with Crippen molar-refractivity contribution in [1.82, 2.24) is 9.55 Å². The third-order valence-electron chi connectivity index (χ3n) is 3.72. The van der Waals surface area contributed by atoms with Crippen molar-refractivity contribution in [3.05, 3.63) is 81.1 Å². The van der Waals surface area contributed by atoms with Crippen molar-refractivity contribution in [1.29, 1.82) is 0 Å². The van der Waals surface area contributed by atoms with E-state index in [1.807, 2.05) is 0 Å². The number of imidazole rings is 1. The number of aryl methyl sites for hydroxylation is 1. The minimum atomic E-state index is -1.35. The average molecular weight is 387 g/mol. The monoisotopic (exact) mass is 386 g/mol. The molecule has 1 unspecified atom stereocenters. The van der Waals surface area contributed by atoms with Gasteiger partial charge in [-0.2, -0.15) is 0 Å². The number of halogens is 5. The fourth-order valence-electron chi connectivity index (χ4n) is 2.59. The molecule has 1 atom stereocenters. The summed E-state index contributed by atoms with van der Waals surface area (Å²) in [7, 11) is 0. The standard InChI is InChI=1S/C17H11Cl2F3N2O/c1-8-15(16(25)11-4-2-9(20)6-12(11)18)24(17(19)23-8)14-5-3-10(21)7-13(14)22/h2-7,16,25H,1H3. The van der Waals surface area contributed by atoms with E-state index in [-0.39, 0.29) is 27.3 Å². The zero-order chi connectivity index (χ0) is 18.3. The molecule has 0 saturated heterocycles. The minimum Gasteiger partial charge on any atom is -0.382 e. The van der Waals surface area contributed by atoms with Crippen molar-refractivity contribution in [3.63, 3.8) is 0 Å². The van der Waals surface area contributed by atoms with Gasteiger partial charge in [0.15, 0.2) is 0 Å². The lowest BCUT2D eigenvalue weighted by atomic mass is 10.0. The molecule has 0 bridgehead atoms. The van der Waals surface area contributed by atoms with Crippen LogP contribution in [0.5, 0.6) is 0 Å². The average Bonchev–Trinajstić information content (AvgIpc) is 2.81. The number of benzene rings is 2. The molecule has 0 amide bonds. The van der Waals surface area contributed by atoms with Gasteiger partial charge in [0.25, 0.3) is 0 Å². The van der Waals surface area contributed by atoms with Crippen molar-refractivity contribution in [2.24, 2.45) is 0 Å². The summed E-state index contributed by atoms with van der Waals surface area (Å²) in [6.45, 7) is 1.57. The normalized spacial score (nSPS) is 12.4. The van der Waals surface area contributed by atoms with Crippen LogP contribution in [0.1, 0.15) is 23.1 Å². The Morgan fingerprint density at radius 3 is 2.32 bits per heavy atom. The Balaban J connectivity index is 2.20. The second-order valence-corrected chi connectivity index (χ2v) is 6.10. The minimum absolute atomic E-state index is 0.00431. The molecule has 3 rings (SSSR count). The highest BCUT2D eigenvalue weighted by atomic mass is 35.5. The molecule has 130 valence electrons. The number of hydrogen-bond acceptors (Lipinski definition) is 2. The van der Waals surface area contributed by atoms with E-state index < -0.39 is 23.6 Å². The lowest BCUT2D eigenvalue weighted by Gasteiger charge is -2.17. The molecule has 0 saturated carbocycles. The van der Waals surface area contributed by atoms with E-state index in [0.717, 1.165) is 22.8 Å². The zero-order valence-electron chi connectivity index (χ0n) is 12.8. The van der Waals surface area contributed by atoms with Gasteiger partial charge in [0.2, 0.25) is 5.28 Å². The van der Waals surface area contributed by atoms with Crippen LogP contribution in [-0.4, -0.2) is 14.7 Å². The van der Waals surface area contributed by atoms with Gasteiger partial charge in [0.1, 0.15) is 23.6 Å². The summed E-state index contributed by atoms with van der Waals surface area (Å²) in [5, 5.41) is 10.6. The molecule has 3 aromatic rings. The number of hydrogen-bond donors (Lipinski definition) is 1. The van der Waals surface area contributed by atoms with Gasteiger partial charge in [0, 0.05) is 16.7 Å². The number of aliphatic hydroxyl groups is 1. The van der Waals surface area contributed by atoms with Crippen molar-refractivity contribution in [3.8, 4) is 5.69 Å². The van der Waals surface area contributed by atoms with E-state index >= 15 is 0 Å². The Bertz CT molecular complexity index is 959. The highest BCUT2D eigenvalue weighted by molar-refractivity contribution is 6.31. The second kappa shape index (κ2) is 6.71. The van der Waals surface area contributed by atoms with Crippen LogP contribution in [-0.2, 0) is 0 Å². The van der Waals surface area contributed by atoms with Crippen LogP contribution in [0.4, 0.5) is 13.2 Å². The van der Waals surface area contributed by atoms with Crippen LogP contribution in [0.15, 0.2) is 36.4 Å². The lowest BCUT2D eigenvalue weighted by molar-refractivity contribution is 0.212. The van der Waals surface area contributed by atoms with Crippen LogP contribution in [0.3, 0.4) is 0 Å². The molecule has 3 nitrogen and oxygen atoms in total. The summed E-state index contributed by atoms with van der Waals surface area (Å²) in [5.41, 5.74) is 0.580. The van der Waals surface area contributed by atoms with Gasteiger partial charge in [-0.05, 0) is 42.8 Å². The van der Waals surface area contributed by atoms with E-state index in [2.05, 4.69) is 4.98 Å². The highest BCUT2D eigenvalue weighted by Gasteiger charge is 2.26. The fraction of sp³-hybridized carbons (Fsp3) is 0.118. The van der Waals surface area contributed by atoms with E-state index in [1.165, 1.54) is 12.1 Å². The largest absolute Gasteiger partial charge is 0.382 e. The fourth-order valence-corrected chi connectivity index (χ4v) is 3.17. The molecular formula is C17H11Cl2F3N2O. The number of aromatic nitrogens is 2. The van der Waals surface area contributed by atoms with Gasteiger partial charge in [-0.1, -0.05) is 17.7 Å². The Morgan fingerprint density at radius 2 is 1.68 bits per heavy atom. The molecule has 1 N–H and O–H groups in total. The van der Waals surface area contributed by atoms with E-state index in [0.29, 0.717) is 11.8 Å². The molecular weight excluding hydrogens is 376 g/mol. The first-order valence-corrected chi connectivity index (χ1v) is 7.88. The summed E-state index contributed by atoms with van der Waals surface area (Å²) >= 11 is 12.1. The van der Waals surface area contributed by atoms with Gasteiger partial charge in [-0.15, -0.1) is 0 Å². The van der Waals surface area contributed by atoms with Gasteiger partial charge >= 0.3 is 0 Å². The molecule has 0 spiro atoms. The van der Waals surface area contributed by atoms with Gasteiger partial charge in [-0.25, -0.2) is 18.2 Å².